The first kappa shape index (κ1) is 16.7. The number of H-pyrrole nitrogens is 1. The van der Waals surface area contributed by atoms with E-state index >= 15 is 0 Å². The number of anilines is 1. The van der Waals surface area contributed by atoms with Crippen LogP contribution in [0.3, 0.4) is 0 Å². The van der Waals surface area contributed by atoms with Crippen LogP contribution in [0, 0.1) is 6.92 Å². The smallest absolute Gasteiger partial charge is 0.170 e. The second-order valence-electron chi connectivity index (χ2n) is 6.29. The standard InChI is InChI=1S/C17H22N8O/c1-12-18-6-7-25(12)16-5-3-4-14(20-16)19-10-15-21-17(23-22-15)13-11-26-9-8-24(13)2/h3-7,13H,8-11H2,1-2H3,(H,19,20)(H,21,22,23). The van der Waals surface area contributed by atoms with Crippen molar-refractivity contribution in [3.05, 3.63) is 48.1 Å². The number of aryl methyl sites for hydroxylation is 1. The van der Waals surface area contributed by atoms with Crippen LogP contribution in [0.1, 0.15) is 23.5 Å². The van der Waals surface area contributed by atoms with Crippen molar-refractivity contribution < 1.29 is 4.74 Å². The number of likely N-dealkylation sites (N-methyl/N-ethyl adjacent to an activating group) is 1. The van der Waals surface area contributed by atoms with Gasteiger partial charge in [-0.05, 0) is 26.1 Å². The van der Waals surface area contributed by atoms with E-state index in [1.165, 1.54) is 0 Å². The van der Waals surface area contributed by atoms with Crippen LogP contribution in [0.15, 0.2) is 30.6 Å². The Morgan fingerprint density at radius 1 is 1.35 bits per heavy atom. The van der Waals surface area contributed by atoms with Crippen LogP contribution in [0.2, 0.25) is 0 Å². The fraction of sp³-hybridized carbons (Fsp3) is 0.412. The number of hydrogen-bond donors (Lipinski definition) is 2. The molecule has 0 spiro atoms. The summed E-state index contributed by atoms with van der Waals surface area (Å²) < 4.78 is 7.48. The molecule has 4 rings (SSSR count). The summed E-state index contributed by atoms with van der Waals surface area (Å²) in [6.07, 6.45) is 3.66. The maximum atomic E-state index is 5.54. The van der Waals surface area contributed by atoms with Gasteiger partial charge in [-0.15, -0.1) is 0 Å². The Bertz CT molecular complexity index is 873. The fourth-order valence-corrected chi connectivity index (χ4v) is 2.95. The van der Waals surface area contributed by atoms with E-state index in [0.29, 0.717) is 13.2 Å². The molecule has 26 heavy (non-hydrogen) atoms. The van der Waals surface area contributed by atoms with Crippen molar-refractivity contribution in [3.63, 3.8) is 0 Å². The Kier molecular flexibility index (Phi) is 4.63. The summed E-state index contributed by atoms with van der Waals surface area (Å²) in [6.45, 7) is 4.73. The molecule has 1 saturated heterocycles. The van der Waals surface area contributed by atoms with Crippen LogP contribution in [0.5, 0.6) is 0 Å². The van der Waals surface area contributed by atoms with Gasteiger partial charge in [0.15, 0.2) is 5.82 Å². The van der Waals surface area contributed by atoms with Crippen molar-refractivity contribution in [3.8, 4) is 5.82 Å². The second kappa shape index (κ2) is 7.22. The Morgan fingerprint density at radius 3 is 3.08 bits per heavy atom. The molecular weight excluding hydrogens is 332 g/mol. The number of nitrogens with one attached hydrogen (secondary N) is 2. The highest BCUT2D eigenvalue weighted by Gasteiger charge is 2.25. The number of hydrogen-bond acceptors (Lipinski definition) is 7. The van der Waals surface area contributed by atoms with E-state index in [0.717, 1.165) is 42.3 Å². The van der Waals surface area contributed by atoms with Crippen molar-refractivity contribution >= 4 is 5.82 Å². The molecule has 3 aromatic rings. The molecule has 0 aromatic carbocycles. The van der Waals surface area contributed by atoms with Gasteiger partial charge >= 0.3 is 0 Å². The van der Waals surface area contributed by atoms with E-state index in [2.05, 4.69) is 42.4 Å². The number of rotatable bonds is 5. The zero-order valence-corrected chi connectivity index (χ0v) is 14.9. The molecule has 136 valence electrons. The first-order valence-electron chi connectivity index (χ1n) is 8.61. The number of aromatic amines is 1. The third kappa shape index (κ3) is 3.44. The first-order valence-corrected chi connectivity index (χ1v) is 8.61. The molecule has 0 amide bonds. The van der Waals surface area contributed by atoms with Crippen LogP contribution in [-0.4, -0.2) is 61.4 Å². The van der Waals surface area contributed by atoms with Crippen LogP contribution in [-0.2, 0) is 11.3 Å². The first-order chi connectivity index (χ1) is 12.7. The van der Waals surface area contributed by atoms with E-state index in [-0.39, 0.29) is 6.04 Å². The van der Waals surface area contributed by atoms with Gasteiger partial charge < -0.3 is 10.1 Å². The predicted octanol–water partition coefficient (Wildman–Crippen LogP) is 1.31. The Balaban J connectivity index is 1.43. The average Bonchev–Trinajstić information content (AvgIpc) is 3.30. The molecule has 3 aromatic heterocycles. The van der Waals surface area contributed by atoms with Crippen molar-refractivity contribution in [1.29, 1.82) is 0 Å². The van der Waals surface area contributed by atoms with Gasteiger partial charge in [-0.2, -0.15) is 5.10 Å². The largest absolute Gasteiger partial charge is 0.378 e. The number of imidazole rings is 1. The lowest BCUT2D eigenvalue weighted by molar-refractivity contribution is 0.00194. The van der Waals surface area contributed by atoms with E-state index < -0.39 is 0 Å². The van der Waals surface area contributed by atoms with Gasteiger partial charge in [0, 0.05) is 18.9 Å². The van der Waals surface area contributed by atoms with Gasteiger partial charge in [0.2, 0.25) is 0 Å². The highest BCUT2D eigenvalue weighted by atomic mass is 16.5. The van der Waals surface area contributed by atoms with Gasteiger partial charge in [0.05, 0.1) is 25.8 Å². The highest BCUT2D eigenvalue weighted by molar-refractivity contribution is 5.40. The molecule has 1 unspecified atom stereocenters. The summed E-state index contributed by atoms with van der Waals surface area (Å²) in [7, 11) is 2.06. The zero-order valence-electron chi connectivity index (χ0n) is 14.9. The molecule has 0 saturated carbocycles. The zero-order chi connectivity index (χ0) is 17.9. The lowest BCUT2D eigenvalue weighted by Crippen LogP contribution is -2.37. The van der Waals surface area contributed by atoms with E-state index in [1.54, 1.807) is 6.20 Å². The van der Waals surface area contributed by atoms with Crippen LogP contribution >= 0.6 is 0 Å². The average molecular weight is 354 g/mol. The summed E-state index contributed by atoms with van der Waals surface area (Å²) >= 11 is 0. The summed E-state index contributed by atoms with van der Waals surface area (Å²) in [6, 6.07) is 5.94. The molecule has 0 bridgehead atoms. The molecule has 2 N–H and O–H groups in total. The molecule has 1 aliphatic heterocycles. The topological polar surface area (TPSA) is 96.8 Å². The number of nitrogens with zero attached hydrogens (tertiary/aromatic N) is 6. The van der Waals surface area contributed by atoms with E-state index in [1.807, 2.05) is 35.9 Å². The molecule has 1 atom stereocenters. The molecule has 4 heterocycles. The quantitative estimate of drug-likeness (QED) is 0.713. The van der Waals surface area contributed by atoms with Gasteiger partial charge in [0.1, 0.15) is 23.3 Å². The van der Waals surface area contributed by atoms with Crippen molar-refractivity contribution in [2.24, 2.45) is 0 Å². The minimum Gasteiger partial charge on any atom is -0.378 e. The lowest BCUT2D eigenvalue weighted by Gasteiger charge is -2.30. The van der Waals surface area contributed by atoms with Gasteiger partial charge in [-0.25, -0.2) is 15.0 Å². The molecule has 0 aliphatic carbocycles. The molecule has 9 heteroatoms. The number of ether oxygens (including phenoxy) is 1. The summed E-state index contributed by atoms with van der Waals surface area (Å²) in [5, 5.41) is 10.6. The maximum Gasteiger partial charge on any atom is 0.170 e. The predicted molar refractivity (Wildman–Crippen MR) is 96.0 cm³/mol. The van der Waals surface area contributed by atoms with Gasteiger partial charge in [-0.1, -0.05) is 6.07 Å². The molecule has 1 aliphatic rings. The Labute approximate surface area is 151 Å². The van der Waals surface area contributed by atoms with Crippen molar-refractivity contribution in [1.82, 2.24) is 34.6 Å². The number of morpholine rings is 1. The SMILES string of the molecule is Cc1nccn1-c1cccc(NCc2nc(C3COCCN3C)n[nH]2)n1. The third-order valence-corrected chi connectivity index (χ3v) is 4.49. The second-order valence-corrected chi connectivity index (χ2v) is 6.29. The lowest BCUT2D eigenvalue weighted by atomic mass is 10.2. The summed E-state index contributed by atoms with van der Waals surface area (Å²) in [5.41, 5.74) is 0. The van der Waals surface area contributed by atoms with Gasteiger partial charge in [-0.3, -0.25) is 14.6 Å². The van der Waals surface area contributed by atoms with Crippen molar-refractivity contribution in [2.45, 2.75) is 19.5 Å². The fourth-order valence-electron chi connectivity index (χ4n) is 2.95. The summed E-state index contributed by atoms with van der Waals surface area (Å²) in [5.74, 6) is 4.02. The minimum absolute atomic E-state index is 0.0967. The molecular formula is C17H22N8O. The molecule has 9 nitrogen and oxygen atoms in total. The Hall–Kier alpha value is -2.78. The minimum atomic E-state index is 0.0967. The third-order valence-electron chi connectivity index (χ3n) is 4.49. The van der Waals surface area contributed by atoms with Crippen molar-refractivity contribution in [2.75, 3.05) is 32.1 Å². The summed E-state index contributed by atoms with van der Waals surface area (Å²) in [4.78, 5) is 15.7. The number of pyridine rings is 1. The van der Waals surface area contributed by atoms with E-state index in [4.69, 9.17) is 4.74 Å². The maximum absolute atomic E-state index is 5.54. The van der Waals surface area contributed by atoms with E-state index in [9.17, 15) is 0 Å². The van der Waals surface area contributed by atoms with Gasteiger partial charge in [0.25, 0.3) is 0 Å². The Morgan fingerprint density at radius 2 is 2.27 bits per heavy atom. The molecule has 1 fully saturated rings. The normalized spacial score (nSPS) is 18.2. The van der Waals surface area contributed by atoms with Crippen LogP contribution < -0.4 is 5.32 Å². The highest BCUT2D eigenvalue weighted by Crippen LogP contribution is 2.19. The monoisotopic (exact) mass is 354 g/mol. The number of aromatic nitrogens is 6. The van der Waals surface area contributed by atoms with Crippen LogP contribution in [0.25, 0.3) is 5.82 Å². The molecule has 0 radical (unpaired) electrons. The van der Waals surface area contributed by atoms with Crippen LogP contribution in [0.4, 0.5) is 5.82 Å².